The van der Waals surface area contributed by atoms with Crippen molar-refractivity contribution >= 4 is 11.3 Å². The van der Waals surface area contributed by atoms with Gasteiger partial charge in [-0.25, -0.2) is 4.98 Å². The summed E-state index contributed by atoms with van der Waals surface area (Å²) < 4.78 is 0. The fourth-order valence-corrected chi connectivity index (χ4v) is 3.79. The maximum absolute atomic E-state index is 4.73. The molecular formula is C15H27N3S. The van der Waals surface area contributed by atoms with Crippen LogP contribution >= 0.6 is 11.3 Å². The standard InChI is InChI=1S/C15H27N3S/c1-4-18(5-2)11-15-17-12(3)14(19-15)10-16-13-8-6-7-9-13/h13,16H,4-11H2,1-3H3. The molecule has 2 rings (SSSR count). The molecule has 1 heterocycles. The van der Waals surface area contributed by atoms with Crippen molar-refractivity contribution in [1.29, 1.82) is 0 Å². The summed E-state index contributed by atoms with van der Waals surface area (Å²) in [5, 5.41) is 4.96. The Labute approximate surface area is 121 Å². The number of thiazole rings is 1. The summed E-state index contributed by atoms with van der Waals surface area (Å²) >= 11 is 1.89. The first-order valence-electron chi connectivity index (χ1n) is 7.63. The molecule has 0 unspecified atom stereocenters. The van der Waals surface area contributed by atoms with Crippen LogP contribution in [0.15, 0.2) is 0 Å². The Morgan fingerprint density at radius 3 is 2.58 bits per heavy atom. The Hall–Kier alpha value is -0.450. The van der Waals surface area contributed by atoms with Gasteiger partial charge in [0.1, 0.15) is 5.01 Å². The maximum Gasteiger partial charge on any atom is 0.107 e. The number of aromatic nitrogens is 1. The zero-order chi connectivity index (χ0) is 13.7. The van der Waals surface area contributed by atoms with E-state index in [0.717, 1.165) is 32.2 Å². The third-order valence-corrected chi connectivity index (χ3v) is 5.24. The van der Waals surface area contributed by atoms with Crippen LogP contribution in [0.4, 0.5) is 0 Å². The van der Waals surface area contributed by atoms with E-state index in [2.05, 4.69) is 31.0 Å². The lowest BCUT2D eigenvalue weighted by atomic mass is 10.2. The van der Waals surface area contributed by atoms with Crippen LogP contribution in [0.1, 0.15) is 55.1 Å². The lowest BCUT2D eigenvalue weighted by Gasteiger charge is -2.15. The van der Waals surface area contributed by atoms with E-state index in [1.165, 1.54) is 41.3 Å². The second-order valence-electron chi connectivity index (χ2n) is 5.44. The quantitative estimate of drug-likeness (QED) is 0.831. The molecule has 0 aromatic carbocycles. The smallest absolute Gasteiger partial charge is 0.107 e. The van der Waals surface area contributed by atoms with Crippen molar-refractivity contribution < 1.29 is 0 Å². The monoisotopic (exact) mass is 281 g/mol. The van der Waals surface area contributed by atoms with Gasteiger partial charge in [-0.1, -0.05) is 26.7 Å². The van der Waals surface area contributed by atoms with Crippen LogP contribution in [-0.4, -0.2) is 29.0 Å². The highest BCUT2D eigenvalue weighted by Gasteiger charge is 2.16. The molecule has 0 spiro atoms. The van der Waals surface area contributed by atoms with Gasteiger partial charge in [-0.2, -0.15) is 0 Å². The van der Waals surface area contributed by atoms with Crippen molar-refractivity contribution in [2.45, 2.75) is 65.6 Å². The molecule has 1 aromatic heterocycles. The topological polar surface area (TPSA) is 28.2 Å². The summed E-state index contributed by atoms with van der Waals surface area (Å²) in [6.45, 7) is 10.8. The van der Waals surface area contributed by atoms with Crippen LogP contribution in [0.5, 0.6) is 0 Å². The second-order valence-corrected chi connectivity index (χ2v) is 6.61. The maximum atomic E-state index is 4.73. The summed E-state index contributed by atoms with van der Waals surface area (Å²) in [6.07, 6.45) is 5.49. The van der Waals surface area contributed by atoms with E-state index in [9.17, 15) is 0 Å². The van der Waals surface area contributed by atoms with Gasteiger partial charge in [0.15, 0.2) is 0 Å². The molecule has 0 bridgehead atoms. The molecule has 1 saturated carbocycles. The van der Waals surface area contributed by atoms with Gasteiger partial charge in [-0.15, -0.1) is 11.3 Å². The number of hydrogen-bond acceptors (Lipinski definition) is 4. The minimum Gasteiger partial charge on any atom is -0.309 e. The van der Waals surface area contributed by atoms with Crippen LogP contribution in [0.25, 0.3) is 0 Å². The lowest BCUT2D eigenvalue weighted by Crippen LogP contribution is -2.25. The van der Waals surface area contributed by atoms with E-state index in [0.29, 0.717) is 0 Å². The molecule has 0 saturated heterocycles. The molecule has 3 nitrogen and oxygen atoms in total. The van der Waals surface area contributed by atoms with Crippen LogP contribution in [-0.2, 0) is 13.1 Å². The normalized spacial score (nSPS) is 16.6. The predicted molar refractivity (Wildman–Crippen MR) is 82.6 cm³/mol. The molecule has 0 radical (unpaired) electrons. The molecule has 1 fully saturated rings. The van der Waals surface area contributed by atoms with Crippen molar-refractivity contribution in [1.82, 2.24) is 15.2 Å². The highest BCUT2D eigenvalue weighted by molar-refractivity contribution is 7.11. The number of nitrogens with zero attached hydrogens (tertiary/aromatic N) is 2. The van der Waals surface area contributed by atoms with Gasteiger partial charge in [0.2, 0.25) is 0 Å². The third kappa shape index (κ3) is 4.26. The van der Waals surface area contributed by atoms with Crippen LogP contribution in [0.3, 0.4) is 0 Å². The molecule has 1 aliphatic rings. The largest absolute Gasteiger partial charge is 0.309 e. The van der Waals surface area contributed by atoms with Crippen LogP contribution < -0.4 is 5.32 Å². The number of rotatable bonds is 7. The number of nitrogens with one attached hydrogen (secondary N) is 1. The molecule has 108 valence electrons. The van der Waals surface area contributed by atoms with E-state index >= 15 is 0 Å². The zero-order valence-corrected chi connectivity index (χ0v) is 13.4. The molecule has 1 aromatic rings. The van der Waals surface area contributed by atoms with Crippen molar-refractivity contribution in [2.24, 2.45) is 0 Å². The third-order valence-electron chi connectivity index (χ3n) is 4.10. The fraction of sp³-hybridized carbons (Fsp3) is 0.800. The summed E-state index contributed by atoms with van der Waals surface area (Å²) in [6, 6.07) is 0.743. The van der Waals surface area contributed by atoms with Crippen LogP contribution in [0, 0.1) is 6.92 Å². The van der Waals surface area contributed by atoms with E-state index in [1.54, 1.807) is 0 Å². The Morgan fingerprint density at radius 1 is 1.26 bits per heavy atom. The summed E-state index contributed by atoms with van der Waals surface area (Å²) in [5.41, 5.74) is 1.22. The Balaban J connectivity index is 1.88. The first-order valence-corrected chi connectivity index (χ1v) is 8.45. The van der Waals surface area contributed by atoms with E-state index in [-0.39, 0.29) is 0 Å². The van der Waals surface area contributed by atoms with Gasteiger partial charge in [0.25, 0.3) is 0 Å². The van der Waals surface area contributed by atoms with Crippen molar-refractivity contribution in [2.75, 3.05) is 13.1 Å². The summed E-state index contributed by atoms with van der Waals surface area (Å²) in [5.74, 6) is 0. The average molecular weight is 281 g/mol. The number of hydrogen-bond donors (Lipinski definition) is 1. The first-order chi connectivity index (χ1) is 9.22. The van der Waals surface area contributed by atoms with Gasteiger partial charge in [0, 0.05) is 17.5 Å². The highest BCUT2D eigenvalue weighted by Crippen LogP contribution is 2.22. The minimum absolute atomic E-state index is 0.743. The molecule has 19 heavy (non-hydrogen) atoms. The molecule has 0 atom stereocenters. The van der Waals surface area contributed by atoms with Gasteiger partial charge in [-0.3, -0.25) is 4.90 Å². The van der Waals surface area contributed by atoms with Crippen LogP contribution in [0.2, 0.25) is 0 Å². The van der Waals surface area contributed by atoms with Gasteiger partial charge < -0.3 is 5.32 Å². The highest BCUT2D eigenvalue weighted by atomic mass is 32.1. The van der Waals surface area contributed by atoms with E-state index < -0.39 is 0 Å². The first kappa shape index (κ1) is 14.9. The van der Waals surface area contributed by atoms with Crippen molar-refractivity contribution in [3.05, 3.63) is 15.6 Å². The molecular weight excluding hydrogens is 254 g/mol. The molecule has 0 aliphatic heterocycles. The predicted octanol–water partition coefficient (Wildman–Crippen LogP) is 3.33. The molecule has 1 aliphatic carbocycles. The number of aryl methyl sites for hydroxylation is 1. The van der Waals surface area contributed by atoms with Gasteiger partial charge in [0.05, 0.1) is 12.2 Å². The lowest BCUT2D eigenvalue weighted by molar-refractivity contribution is 0.295. The average Bonchev–Trinajstić information content (AvgIpc) is 3.03. The van der Waals surface area contributed by atoms with Crippen molar-refractivity contribution in [3.8, 4) is 0 Å². The Morgan fingerprint density at radius 2 is 1.95 bits per heavy atom. The molecule has 1 N–H and O–H groups in total. The molecule has 4 heteroatoms. The van der Waals surface area contributed by atoms with Gasteiger partial charge >= 0.3 is 0 Å². The fourth-order valence-electron chi connectivity index (χ4n) is 2.73. The second kappa shape index (κ2) is 7.36. The van der Waals surface area contributed by atoms with Crippen molar-refractivity contribution in [3.63, 3.8) is 0 Å². The Bertz CT molecular complexity index is 379. The Kier molecular flexibility index (Phi) is 5.79. The molecule has 0 amide bonds. The van der Waals surface area contributed by atoms with E-state index in [1.807, 2.05) is 11.3 Å². The summed E-state index contributed by atoms with van der Waals surface area (Å²) in [4.78, 5) is 8.58. The van der Waals surface area contributed by atoms with Gasteiger partial charge in [-0.05, 0) is 32.9 Å². The zero-order valence-electron chi connectivity index (χ0n) is 12.5. The van der Waals surface area contributed by atoms with E-state index in [4.69, 9.17) is 4.98 Å². The SMILES string of the molecule is CCN(CC)Cc1nc(C)c(CNC2CCCC2)s1. The summed E-state index contributed by atoms with van der Waals surface area (Å²) in [7, 11) is 0. The minimum atomic E-state index is 0.743.